The van der Waals surface area contributed by atoms with Crippen LogP contribution < -0.4 is 0 Å². The summed E-state index contributed by atoms with van der Waals surface area (Å²) in [5.74, 6) is 1.30. The van der Waals surface area contributed by atoms with E-state index in [0.29, 0.717) is 37.1 Å². The lowest BCUT2D eigenvalue weighted by Gasteiger charge is -2.14. The van der Waals surface area contributed by atoms with E-state index in [0.717, 1.165) is 25.7 Å². The van der Waals surface area contributed by atoms with Crippen LogP contribution in [-0.4, -0.2) is 36.8 Å². The summed E-state index contributed by atoms with van der Waals surface area (Å²) in [5, 5.41) is 10.4. The lowest BCUT2D eigenvalue weighted by molar-refractivity contribution is -0.0547. The number of benzene rings is 1. The average Bonchev–Trinajstić information content (AvgIpc) is 3.02. The van der Waals surface area contributed by atoms with E-state index in [-0.39, 0.29) is 18.5 Å². The van der Waals surface area contributed by atoms with Gasteiger partial charge in [0.05, 0.1) is 32.0 Å². The Bertz CT molecular complexity index is 553. The fourth-order valence-corrected chi connectivity index (χ4v) is 4.52. The van der Waals surface area contributed by atoms with Crippen LogP contribution in [0.25, 0.3) is 0 Å². The summed E-state index contributed by atoms with van der Waals surface area (Å²) in [6.45, 7) is 8.90. The molecule has 0 spiro atoms. The van der Waals surface area contributed by atoms with Crippen molar-refractivity contribution in [3.8, 4) is 0 Å². The Morgan fingerprint density at radius 3 is 2.48 bits per heavy atom. The highest BCUT2D eigenvalue weighted by Crippen LogP contribution is 2.62. The van der Waals surface area contributed by atoms with Crippen LogP contribution in [0.4, 0.5) is 0 Å². The highest BCUT2D eigenvalue weighted by atomic mass is 16.7. The van der Waals surface area contributed by atoms with Crippen molar-refractivity contribution in [3.63, 3.8) is 0 Å². The molecule has 4 unspecified atom stereocenters. The molecule has 0 radical (unpaired) electrons. The van der Waals surface area contributed by atoms with Gasteiger partial charge in [0.1, 0.15) is 0 Å². The highest BCUT2D eigenvalue weighted by Gasteiger charge is 2.56. The molecule has 152 valence electrons. The molecule has 4 nitrogen and oxygen atoms in total. The first-order valence-electron chi connectivity index (χ1n) is 10.5. The summed E-state index contributed by atoms with van der Waals surface area (Å²) in [5.41, 5.74) is 1.56. The molecule has 0 aromatic heterocycles. The standard InChI is InChI=1S/C23H36O4/c1-17(27-16-18-7-5-4-6-8-18)9-11-20-21(23(20,2)3)15-19(24)10-12-22-25-13-14-26-22/h4-8,17,19-22,24H,9-16H2,1-3H3. The fourth-order valence-electron chi connectivity index (χ4n) is 4.52. The van der Waals surface area contributed by atoms with Crippen LogP contribution >= 0.6 is 0 Å². The molecule has 2 fully saturated rings. The molecule has 0 amide bonds. The fraction of sp³-hybridized carbons (Fsp3) is 0.739. The van der Waals surface area contributed by atoms with E-state index in [1.807, 2.05) is 6.07 Å². The number of aliphatic hydroxyl groups is 1. The van der Waals surface area contributed by atoms with Crippen molar-refractivity contribution in [2.24, 2.45) is 17.3 Å². The third-order valence-corrected chi connectivity index (χ3v) is 6.50. The van der Waals surface area contributed by atoms with Gasteiger partial charge in [-0.1, -0.05) is 44.2 Å². The second kappa shape index (κ2) is 9.51. The summed E-state index contributed by atoms with van der Waals surface area (Å²) in [6.07, 6.45) is 4.62. The van der Waals surface area contributed by atoms with E-state index in [2.05, 4.69) is 45.0 Å². The molecule has 3 rings (SSSR count). The molecular weight excluding hydrogens is 340 g/mol. The lowest BCUT2D eigenvalue weighted by atomic mass is 10.0. The number of aliphatic hydroxyl groups excluding tert-OH is 1. The average molecular weight is 377 g/mol. The Hall–Kier alpha value is -0.940. The molecule has 1 heterocycles. The molecule has 1 aromatic rings. The Morgan fingerprint density at radius 1 is 1.07 bits per heavy atom. The molecule has 1 aromatic carbocycles. The van der Waals surface area contributed by atoms with Crippen molar-refractivity contribution in [2.75, 3.05) is 13.2 Å². The molecule has 2 aliphatic rings. The van der Waals surface area contributed by atoms with Gasteiger partial charge in [-0.25, -0.2) is 0 Å². The number of ether oxygens (including phenoxy) is 3. The van der Waals surface area contributed by atoms with E-state index >= 15 is 0 Å². The molecule has 0 bridgehead atoms. The minimum Gasteiger partial charge on any atom is -0.393 e. The Kier molecular flexibility index (Phi) is 7.32. The van der Waals surface area contributed by atoms with Crippen molar-refractivity contribution in [2.45, 2.75) is 78.0 Å². The van der Waals surface area contributed by atoms with Crippen LogP contribution in [0.1, 0.15) is 58.4 Å². The largest absolute Gasteiger partial charge is 0.393 e. The van der Waals surface area contributed by atoms with Gasteiger partial charge in [-0.2, -0.15) is 0 Å². The smallest absolute Gasteiger partial charge is 0.157 e. The van der Waals surface area contributed by atoms with Crippen LogP contribution in [0.3, 0.4) is 0 Å². The van der Waals surface area contributed by atoms with E-state index in [1.54, 1.807) is 0 Å². The lowest BCUT2D eigenvalue weighted by Crippen LogP contribution is -2.15. The Morgan fingerprint density at radius 2 is 1.78 bits per heavy atom. The Balaban J connectivity index is 1.33. The third kappa shape index (κ3) is 6.02. The molecule has 1 aliphatic carbocycles. The molecule has 1 saturated carbocycles. The summed E-state index contributed by atoms with van der Waals surface area (Å²) in [7, 11) is 0. The summed E-state index contributed by atoms with van der Waals surface area (Å²) < 4.78 is 16.9. The maximum atomic E-state index is 10.4. The van der Waals surface area contributed by atoms with Crippen LogP contribution in [0.2, 0.25) is 0 Å². The molecule has 1 saturated heterocycles. The molecular formula is C23H36O4. The van der Waals surface area contributed by atoms with E-state index in [1.165, 1.54) is 12.0 Å². The molecule has 1 aliphatic heterocycles. The van der Waals surface area contributed by atoms with Gasteiger partial charge in [0.25, 0.3) is 0 Å². The highest BCUT2D eigenvalue weighted by molar-refractivity contribution is 5.13. The van der Waals surface area contributed by atoms with Gasteiger partial charge in [-0.15, -0.1) is 0 Å². The van der Waals surface area contributed by atoms with Gasteiger partial charge in [0.2, 0.25) is 0 Å². The van der Waals surface area contributed by atoms with E-state index in [4.69, 9.17) is 14.2 Å². The predicted octanol–water partition coefficient (Wildman–Crippen LogP) is 4.55. The summed E-state index contributed by atoms with van der Waals surface area (Å²) >= 11 is 0. The zero-order valence-corrected chi connectivity index (χ0v) is 17.1. The third-order valence-electron chi connectivity index (χ3n) is 6.50. The second-order valence-electron chi connectivity index (χ2n) is 8.86. The van der Waals surface area contributed by atoms with Crippen LogP contribution in [0, 0.1) is 17.3 Å². The normalized spacial score (nSPS) is 26.8. The molecule has 1 N–H and O–H groups in total. The van der Waals surface area contributed by atoms with Gasteiger partial charge < -0.3 is 19.3 Å². The van der Waals surface area contributed by atoms with Crippen molar-refractivity contribution >= 4 is 0 Å². The second-order valence-corrected chi connectivity index (χ2v) is 8.86. The van der Waals surface area contributed by atoms with E-state index in [9.17, 15) is 5.11 Å². The summed E-state index contributed by atoms with van der Waals surface area (Å²) in [4.78, 5) is 0. The van der Waals surface area contributed by atoms with Crippen molar-refractivity contribution < 1.29 is 19.3 Å². The number of hydrogen-bond acceptors (Lipinski definition) is 4. The minimum absolute atomic E-state index is 0.106. The van der Waals surface area contributed by atoms with Gasteiger partial charge in [0.15, 0.2) is 6.29 Å². The predicted molar refractivity (Wildman–Crippen MR) is 106 cm³/mol. The first kappa shape index (κ1) is 20.8. The zero-order chi connectivity index (χ0) is 19.3. The van der Waals surface area contributed by atoms with Crippen LogP contribution in [0.15, 0.2) is 30.3 Å². The number of rotatable bonds is 11. The van der Waals surface area contributed by atoms with Crippen LogP contribution in [0.5, 0.6) is 0 Å². The number of hydrogen-bond donors (Lipinski definition) is 1. The SMILES string of the molecule is CC(CCC1C(CC(O)CCC2OCCO2)C1(C)C)OCc1ccccc1. The maximum Gasteiger partial charge on any atom is 0.157 e. The van der Waals surface area contributed by atoms with Gasteiger partial charge in [-0.3, -0.25) is 0 Å². The summed E-state index contributed by atoms with van der Waals surface area (Å²) in [6, 6.07) is 10.4. The zero-order valence-electron chi connectivity index (χ0n) is 17.1. The molecule has 4 atom stereocenters. The Labute approximate surface area is 164 Å². The quantitative estimate of drug-likeness (QED) is 0.615. The maximum absolute atomic E-state index is 10.4. The van der Waals surface area contributed by atoms with Gasteiger partial charge in [0, 0.05) is 6.42 Å². The first-order chi connectivity index (χ1) is 13.0. The van der Waals surface area contributed by atoms with Crippen molar-refractivity contribution in [1.82, 2.24) is 0 Å². The van der Waals surface area contributed by atoms with Crippen LogP contribution in [-0.2, 0) is 20.8 Å². The molecule has 4 heteroatoms. The van der Waals surface area contributed by atoms with Gasteiger partial charge in [-0.05, 0) is 55.4 Å². The molecule has 27 heavy (non-hydrogen) atoms. The first-order valence-corrected chi connectivity index (χ1v) is 10.5. The topological polar surface area (TPSA) is 47.9 Å². The van der Waals surface area contributed by atoms with Crippen molar-refractivity contribution in [1.29, 1.82) is 0 Å². The monoisotopic (exact) mass is 376 g/mol. The van der Waals surface area contributed by atoms with Gasteiger partial charge >= 0.3 is 0 Å². The van der Waals surface area contributed by atoms with E-state index < -0.39 is 0 Å². The minimum atomic E-state index is -0.251. The van der Waals surface area contributed by atoms with Crippen molar-refractivity contribution in [3.05, 3.63) is 35.9 Å².